The Bertz CT molecular complexity index is 705. The Morgan fingerprint density at radius 3 is 2.55 bits per heavy atom. The van der Waals surface area contributed by atoms with E-state index in [0.29, 0.717) is 38.8 Å². The van der Waals surface area contributed by atoms with Gasteiger partial charge >= 0.3 is 6.03 Å². The SMILES string of the molecule is CC(NC(=O)NCC(C(=O)N1CCOCC1)c1ccccc1)C1CC2CCC1C2. The van der Waals surface area contributed by atoms with Crippen LogP contribution in [-0.2, 0) is 9.53 Å². The highest BCUT2D eigenvalue weighted by molar-refractivity contribution is 5.85. The second kappa shape index (κ2) is 9.16. The summed E-state index contributed by atoms with van der Waals surface area (Å²) in [5.74, 6) is 1.92. The van der Waals surface area contributed by atoms with Crippen LogP contribution in [0.15, 0.2) is 30.3 Å². The van der Waals surface area contributed by atoms with Gasteiger partial charge in [-0.1, -0.05) is 36.8 Å². The number of rotatable bonds is 6. The molecule has 2 aliphatic carbocycles. The van der Waals surface area contributed by atoms with Crippen molar-refractivity contribution in [2.45, 2.75) is 44.6 Å². The number of nitrogens with one attached hydrogen (secondary N) is 2. The van der Waals surface area contributed by atoms with Gasteiger partial charge in [0.15, 0.2) is 0 Å². The summed E-state index contributed by atoms with van der Waals surface area (Å²) in [4.78, 5) is 27.6. The van der Waals surface area contributed by atoms with E-state index in [1.54, 1.807) is 0 Å². The van der Waals surface area contributed by atoms with Crippen molar-refractivity contribution in [3.63, 3.8) is 0 Å². The second-order valence-corrected chi connectivity index (χ2v) is 8.88. The summed E-state index contributed by atoms with van der Waals surface area (Å²) in [6, 6.07) is 9.74. The van der Waals surface area contributed by atoms with Gasteiger partial charge in [-0.25, -0.2) is 4.79 Å². The van der Waals surface area contributed by atoms with Gasteiger partial charge < -0.3 is 20.3 Å². The molecule has 2 N–H and O–H groups in total. The van der Waals surface area contributed by atoms with Gasteiger partial charge in [0.2, 0.25) is 5.91 Å². The molecule has 2 saturated carbocycles. The molecule has 6 heteroatoms. The molecule has 29 heavy (non-hydrogen) atoms. The van der Waals surface area contributed by atoms with Crippen molar-refractivity contribution in [2.75, 3.05) is 32.8 Å². The predicted molar refractivity (Wildman–Crippen MR) is 112 cm³/mol. The normalized spacial score (nSPS) is 28.0. The number of morpholine rings is 1. The van der Waals surface area contributed by atoms with E-state index in [1.807, 2.05) is 35.2 Å². The fourth-order valence-corrected chi connectivity index (χ4v) is 5.50. The highest BCUT2D eigenvalue weighted by Crippen LogP contribution is 2.49. The Kier molecular flexibility index (Phi) is 6.38. The average Bonchev–Trinajstić information content (AvgIpc) is 3.39. The van der Waals surface area contributed by atoms with Gasteiger partial charge in [-0.3, -0.25) is 4.79 Å². The highest BCUT2D eigenvalue weighted by Gasteiger charge is 2.42. The zero-order valence-corrected chi connectivity index (χ0v) is 17.3. The Labute approximate surface area is 173 Å². The van der Waals surface area contributed by atoms with Crippen LogP contribution in [0.25, 0.3) is 0 Å². The molecule has 1 saturated heterocycles. The monoisotopic (exact) mass is 399 g/mol. The molecule has 1 aliphatic heterocycles. The number of hydrogen-bond acceptors (Lipinski definition) is 3. The van der Waals surface area contributed by atoms with Crippen LogP contribution >= 0.6 is 0 Å². The molecule has 3 aliphatic rings. The van der Waals surface area contributed by atoms with Crippen LogP contribution in [0.1, 0.15) is 44.1 Å². The van der Waals surface area contributed by atoms with Crippen LogP contribution in [0.4, 0.5) is 4.79 Å². The van der Waals surface area contributed by atoms with Crippen molar-refractivity contribution in [1.82, 2.24) is 15.5 Å². The molecule has 0 aromatic heterocycles. The van der Waals surface area contributed by atoms with E-state index >= 15 is 0 Å². The lowest BCUT2D eigenvalue weighted by atomic mass is 9.84. The number of carbonyl (C=O) groups excluding carboxylic acids is 2. The van der Waals surface area contributed by atoms with Crippen molar-refractivity contribution < 1.29 is 14.3 Å². The molecule has 3 amide bonds. The van der Waals surface area contributed by atoms with Crippen molar-refractivity contribution in [3.05, 3.63) is 35.9 Å². The third-order valence-corrected chi connectivity index (χ3v) is 7.08. The van der Waals surface area contributed by atoms with Gasteiger partial charge in [0.25, 0.3) is 0 Å². The quantitative estimate of drug-likeness (QED) is 0.773. The van der Waals surface area contributed by atoms with Crippen molar-refractivity contribution >= 4 is 11.9 Å². The van der Waals surface area contributed by atoms with Crippen LogP contribution in [-0.4, -0.2) is 55.7 Å². The second-order valence-electron chi connectivity index (χ2n) is 8.88. The molecule has 4 rings (SSSR count). The van der Waals surface area contributed by atoms with Gasteiger partial charge in [0.1, 0.15) is 0 Å². The number of ether oxygens (including phenoxy) is 1. The molecule has 0 radical (unpaired) electrons. The lowest BCUT2D eigenvalue weighted by molar-refractivity contribution is -0.136. The molecule has 5 atom stereocenters. The van der Waals surface area contributed by atoms with E-state index in [-0.39, 0.29) is 23.9 Å². The molecule has 158 valence electrons. The zero-order chi connectivity index (χ0) is 20.2. The van der Waals surface area contributed by atoms with Gasteiger partial charge in [-0.15, -0.1) is 0 Å². The van der Waals surface area contributed by atoms with Gasteiger partial charge in [0.05, 0.1) is 19.1 Å². The number of amides is 3. The third kappa shape index (κ3) is 4.74. The van der Waals surface area contributed by atoms with Crippen molar-refractivity contribution in [1.29, 1.82) is 0 Å². The molecule has 2 bridgehead atoms. The number of hydrogen-bond donors (Lipinski definition) is 2. The minimum absolute atomic E-state index is 0.0564. The Morgan fingerprint density at radius 1 is 1.14 bits per heavy atom. The number of carbonyl (C=O) groups is 2. The third-order valence-electron chi connectivity index (χ3n) is 7.08. The fourth-order valence-electron chi connectivity index (χ4n) is 5.50. The standard InChI is InChI=1S/C23H33N3O3/c1-16(20-14-17-7-8-19(20)13-17)25-23(28)24-15-21(18-5-3-2-4-6-18)22(27)26-9-11-29-12-10-26/h2-6,16-17,19-21H,7-15H2,1H3,(H2,24,25,28). The van der Waals surface area contributed by atoms with Crippen LogP contribution in [0.5, 0.6) is 0 Å². The summed E-state index contributed by atoms with van der Waals surface area (Å²) >= 11 is 0. The number of benzene rings is 1. The van der Waals surface area contributed by atoms with E-state index in [9.17, 15) is 9.59 Å². The van der Waals surface area contributed by atoms with Crippen LogP contribution < -0.4 is 10.6 Å². The van der Waals surface area contributed by atoms with Crippen LogP contribution in [0.3, 0.4) is 0 Å². The molecule has 3 fully saturated rings. The Hall–Kier alpha value is -2.08. The van der Waals surface area contributed by atoms with Gasteiger partial charge in [-0.05, 0) is 49.5 Å². The average molecular weight is 400 g/mol. The fraction of sp³-hybridized carbons (Fsp3) is 0.652. The molecule has 6 nitrogen and oxygen atoms in total. The lowest BCUT2D eigenvalue weighted by Gasteiger charge is -2.31. The largest absolute Gasteiger partial charge is 0.378 e. The number of nitrogens with zero attached hydrogens (tertiary/aromatic N) is 1. The van der Waals surface area contributed by atoms with Crippen molar-refractivity contribution in [3.8, 4) is 0 Å². The molecule has 1 heterocycles. The smallest absolute Gasteiger partial charge is 0.315 e. The molecule has 1 aromatic rings. The summed E-state index contributed by atoms with van der Waals surface area (Å²) < 4.78 is 5.37. The first kappa shape index (κ1) is 20.2. The summed E-state index contributed by atoms with van der Waals surface area (Å²) in [6.45, 7) is 4.78. The van der Waals surface area contributed by atoms with Crippen LogP contribution in [0.2, 0.25) is 0 Å². The molecule has 1 aromatic carbocycles. The minimum atomic E-state index is -0.377. The lowest BCUT2D eigenvalue weighted by Crippen LogP contribution is -2.49. The number of fused-ring (bicyclic) bond motifs is 2. The van der Waals surface area contributed by atoms with Gasteiger partial charge in [0, 0.05) is 25.7 Å². The van der Waals surface area contributed by atoms with Gasteiger partial charge in [-0.2, -0.15) is 0 Å². The predicted octanol–water partition coefficient (Wildman–Crippen LogP) is 2.75. The minimum Gasteiger partial charge on any atom is -0.378 e. The molecule has 0 spiro atoms. The molecular formula is C23H33N3O3. The summed E-state index contributed by atoms with van der Waals surface area (Å²) in [5, 5.41) is 6.11. The number of urea groups is 1. The van der Waals surface area contributed by atoms with E-state index in [1.165, 1.54) is 25.7 Å². The molecule has 5 unspecified atom stereocenters. The Morgan fingerprint density at radius 2 is 1.90 bits per heavy atom. The van der Waals surface area contributed by atoms with Crippen molar-refractivity contribution in [2.24, 2.45) is 17.8 Å². The first-order valence-corrected chi connectivity index (χ1v) is 11.1. The van der Waals surface area contributed by atoms with E-state index in [0.717, 1.165) is 17.4 Å². The topological polar surface area (TPSA) is 70.7 Å². The zero-order valence-electron chi connectivity index (χ0n) is 17.3. The van der Waals surface area contributed by atoms with E-state index in [2.05, 4.69) is 17.6 Å². The Balaban J connectivity index is 1.34. The van der Waals surface area contributed by atoms with Crippen LogP contribution in [0, 0.1) is 17.8 Å². The maximum Gasteiger partial charge on any atom is 0.315 e. The summed E-state index contributed by atoms with van der Waals surface area (Å²) in [6.07, 6.45) is 5.26. The summed E-state index contributed by atoms with van der Waals surface area (Å²) in [7, 11) is 0. The summed E-state index contributed by atoms with van der Waals surface area (Å²) in [5.41, 5.74) is 0.936. The highest BCUT2D eigenvalue weighted by atomic mass is 16.5. The molecular weight excluding hydrogens is 366 g/mol. The van der Waals surface area contributed by atoms with E-state index in [4.69, 9.17) is 4.74 Å². The first-order chi connectivity index (χ1) is 14.1. The first-order valence-electron chi connectivity index (χ1n) is 11.1. The van der Waals surface area contributed by atoms with E-state index < -0.39 is 0 Å². The maximum atomic E-state index is 13.1. The maximum absolute atomic E-state index is 13.1.